The van der Waals surface area contributed by atoms with E-state index in [1.807, 2.05) is 30.3 Å². The van der Waals surface area contributed by atoms with Crippen molar-refractivity contribution in [3.05, 3.63) is 46.3 Å². The molecule has 0 aromatic heterocycles. The van der Waals surface area contributed by atoms with Crippen molar-refractivity contribution in [1.29, 1.82) is 0 Å². The average molecular weight is 276 g/mol. The molecular weight excluding hydrogens is 260 g/mol. The number of hydrogen-bond donors (Lipinski definition) is 2. The van der Waals surface area contributed by atoms with Gasteiger partial charge in [0.25, 0.3) is 0 Å². The van der Waals surface area contributed by atoms with Gasteiger partial charge >= 0.3 is 0 Å². The summed E-state index contributed by atoms with van der Waals surface area (Å²) >= 11 is 0. The van der Waals surface area contributed by atoms with Crippen LogP contribution in [0.2, 0.25) is 0 Å². The standard InChI is InChI=1S/C13H16N4O3/c14-17-16-11-10(18)6-15-9-7-19-13(20-12(9)11)8-4-2-1-3-5-8/h1-5,9-13,15,18H,6-7H2/t9-,10+,11-,12-,13-/m1/s1. The number of hydrogen-bond acceptors (Lipinski definition) is 5. The number of rotatable bonds is 2. The smallest absolute Gasteiger partial charge is 0.184 e. The van der Waals surface area contributed by atoms with Crippen LogP contribution in [-0.2, 0) is 9.47 Å². The fraction of sp³-hybridized carbons (Fsp3) is 0.538. The van der Waals surface area contributed by atoms with Crippen molar-refractivity contribution >= 4 is 0 Å². The molecule has 2 N–H and O–H groups in total. The van der Waals surface area contributed by atoms with Gasteiger partial charge in [0, 0.05) is 17.0 Å². The molecule has 0 bridgehead atoms. The zero-order valence-electron chi connectivity index (χ0n) is 10.8. The van der Waals surface area contributed by atoms with Gasteiger partial charge in [-0.05, 0) is 5.53 Å². The fourth-order valence-electron chi connectivity index (χ4n) is 2.66. The number of nitrogens with zero attached hydrogens (tertiary/aromatic N) is 3. The molecule has 2 aliphatic rings. The number of piperidine rings is 1. The van der Waals surface area contributed by atoms with Crippen LogP contribution in [0.25, 0.3) is 10.4 Å². The Morgan fingerprint density at radius 2 is 2.15 bits per heavy atom. The summed E-state index contributed by atoms with van der Waals surface area (Å²) in [6.45, 7) is 0.821. The Morgan fingerprint density at radius 3 is 2.90 bits per heavy atom. The van der Waals surface area contributed by atoms with E-state index in [1.165, 1.54) is 0 Å². The highest BCUT2D eigenvalue weighted by Crippen LogP contribution is 2.31. The molecule has 7 heteroatoms. The first kappa shape index (κ1) is 13.4. The molecular formula is C13H16N4O3. The molecule has 1 aromatic rings. The number of ether oxygens (including phenoxy) is 2. The highest BCUT2D eigenvalue weighted by Gasteiger charge is 2.43. The largest absolute Gasteiger partial charge is 0.391 e. The first-order valence-corrected chi connectivity index (χ1v) is 6.57. The van der Waals surface area contributed by atoms with E-state index in [0.717, 1.165) is 5.56 Å². The van der Waals surface area contributed by atoms with E-state index < -0.39 is 24.5 Å². The molecule has 2 heterocycles. The first-order chi connectivity index (χ1) is 9.79. The van der Waals surface area contributed by atoms with Gasteiger partial charge in [-0.2, -0.15) is 0 Å². The molecule has 0 spiro atoms. The molecule has 0 radical (unpaired) electrons. The molecule has 7 nitrogen and oxygen atoms in total. The van der Waals surface area contributed by atoms with Gasteiger partial charge in [-0.1, -0.05) is 35.4 Å². The second-order valence-electron chi connectivity index (χ2n) is 4.95. The molecule has 2 saturated heterocycles. The minimum atomic E-state index is -0.748. The second kappa shape index (κ2) is 5.78. The van der Waals surface area contributed by atoms with Crippen LogP contribution in [0.4, 0.5) is 0 Å². The topological polar surface area (TPSA) is 99.5 Å². The van der Waals surface area contributed by atoms with Gasteiger partial charge in [0.05, 0.1) is 30.9 Å². The van der Waals surface area contributed by atoms with Crippen LogP contribution in [0, 0.1) is 0 Å². The van der Waals surface area contributed by atoms with Gasteiger partial charge in [-0.25, -0.2) is 0 Å². The van der Waals surface area contributed by atoms with Crippen LogP contribution in [-0.4, -0.2) is 42.5 Å². The monoisotopic (exact) mass is 276 g/mol. The molecule has 106 valence electrons. The Hall–Kier alpha value is -1.63. The Labute approximate surface area is 116 Å². The van der Waals surface area contributed by atoms with Gasteiger partial charge in [0.1, 0.15) is 0 Å². The van der Waals surface area contributed by atoms with Crippen LogP contribution in [0.5, 0.6) is 0 Å². The third-order valence-electron chi connectivity index (χ3n) is 3.68. The lowest BCUT2D eigenvalue weighted by Gasteiger charge is -2.44. The molecule has 2 fully saturated rings. The van der Waals surface area contributed by atoms with Crippen molar-refractivity contribution in [2.45, 2.75) is 30.6 Å². The Kier molecular flexibility index (Phi) is 3.86. The van der Waals surface area contributed by atoms with E-state index in [0.29, 0.717) is 13.2 Å². The second-order valence-corrected chi connectivity index (χ2v) is 4.95. The molecule has 0 aliphatic carbocycles. The molecule has 5 atom stereocenters. The summed E-state index contributed by atoms with van der Waals surface area (Å²) in [5.41, 5.74) is 9.56. The number of aliphatic hydroxyl groups is 1. The fourth-order valence-corrected chi connectivity index (χ4v) is 2.66. The molecule has 2 aliphatic heterocycles. The van der Waals surface area contributed by atoms with E-state index in [9.17, 15) is 5.11 Å². The van der Waals surface area contributed by atoms with Gasteiger partial charge in [0.15, 0.2) is 6.29 Å². The highest BCUT2D eigenvalue weighted by atomic mass is 16.7. The lowest BCUT2D eigenvalue weighted by Crippen LogP contribution is -2.63. The predicted octanol–water partition coefficient (Wildman–Crippen LogP) is 1.11. The highest BCUT2D eigenvalue weighted by molar-refractivity contribution is 5.17. The summed E-state index contributed by atoms with van der Waals surface area (Å²) in [6, 6.07) is 8.90. The quantitative estimate of drug-likeness (QED) is 0.480. The molecule has 0 saturated carbocycles. The minimum absolute atomic E-state index is 0.0751. The van der Waals surface area contributed by atoms with Crippen LogP contribution in [0.1, 0.15) is 11.9 Å². The Bertz CT molecular complexity index is 506. The van der Waals surface area contributed by atoms with Crippen molar-refractivity contribution in [2.24, 2.45) is 5.11 Å². The predicted molar refractivity (Wildman–Crippen MR) is 70.7 cm³/mol. The van der Waals surface area contributed by atoms with Crippen molar-refractivity contribution < 1.29 is 14.6 Å². The summed E-state index contributed by atoms with van der Waals surface area (Å²) in [5, 5.41) is 16.8. The zero-order valence-corrected chi connectivity index (χ0v) is 10.8. The number of aliphatic hydroxyl groups excluding tert-OH is 1. The number of β-amino-alcohol motifs (C(OH)–C–C–N with tert-alkyl or cyclic N) is 1. The molecule has 1 aromatic carbocycles. The maximum Gasteiger partial charge on any atom is 0.184 e. The minimum Gasteiger partial charge on any atom is -0.391 e. The Balaban J connectivity index is 1.80. The maximum atomic E-state index is 9.95. The average Bonchev–Trinajstić information content (AvgIpc) is 2.51. The van der Waals surface area contributed by atoms with Gasteiger partial charge in [0.2, 0.25) is 0 Å². The van der Waals surface area contributed by atoms with E-state index in [-0.39, 0.29) is 6.04 Å². The van der Waals surface area contributed by atoms with Crippen LogP contribution >= 0.6 is 0 Å². The van der Waals surface area contributed by atoms with Crippen LogP contribution < -0.4 is 5.32 Å². The number of azide groups is 1. The number of benzene rings is 1. The normalized spacial score (nSPS) is 36.8. The molecule has 3 rings (SSSR count). The summed E-state index contributed by atoms with van der Waals surface area (Å²) < 4.78 is 11.6. The summed E-state index contributed by atoms with van der Waals surface area (Å²) in [4.78, 5) is 2.81. The number of nitrogens with one attached hydrogen (secondary N) is 1. The lowest BCUT2D eigenvalue weighted by molar-refractivity contribution is -0.245. The first-order valence-electron chi connectivity index (χ1n) is 6.57. The summed E-state index contributed by atoms with van der Waals surface area (Å²) in [6.07, 6.45) is -1.64. The van der Waals surface area contributed by atoms with E-state index in [4.69, 9.17) is 15.0 Å². The van der Waals surface area contributed by atoms with Crippen LogP contribution in [0.3, 0.4) is 0 Å². The van der Waals surface area contributed by atoms with Gasteiger partial charge < -0.3 is 19.9 Å². The van der Waals surface area contributed by atoms with Crippen molar-refractivity contribution in [3.63, 3.8) is 0 Å². The SMILES string of the molecule is [N-]=[N+]=N[C@H]1[C@@H]2O[C@H](c3ccccc3)OC[C@H]2NC[C@@H]1O. The van der Waals surface area contributed by atoms with Gasteiger partial charge in [-0.15, -0.1) is 0 Å². The third kappa shape index (κ3) is 2.49. The summed E-state index contributed by atoms with van der Waals surface area (Å²) in [5.74, 6) is 0. The Morgan fingerprint density at radius 1 is 1.35 bits per heavy atom. The van der Waals surface area contributed by atoms with E-state index in [1.54, 1.807) is 0 Å². The van der Waals surface area contributed by atoms with Crippen molar-refractivity contribution in [3.8, 4) is 0 Å². The number of fused-ring (bicyclic) bond motifs is 1. The molecule has 0 unspecified atom stereocenters. The van der Waals surface area contributed by atoms with Gasteiger partial charge in [-0.3, -0.25) is 0 Å². The molecule has 20 heavy (non-hydrogen) atoms. The third-order valence-corrected chi connectivity index (χ3v) is 3.68. The van der Waals surface area contributed by atoms with Crippen molar-refractivity contribution in [1.82, 2.24) is 5.32 Å². The summed E-state index contributed by atoms with van der Waals surface area (Å²) in [7, 11) is 0. The lowest BCUT2D eigenvalue weighted by atomic mass is 9.93. The maximum absolute atomic E-state index is 9.95. The van der Waals surface area contributed by atoms with Crippen LogP contribution in [0.15, 0.2) is 35.4 Å². The van der Waals surface area contributed by atoms with Crippen molar-refractivity contribution in [2.75, 3.05) is 13.2 Å². The van der Waals surface area contributed by atoms with E-state index in [2.05, 4.69) is 15.3 Å². The van der Waals surface area contributed by atoms with E-state index >= 15 is 0 Å². The molecule has 0 amide bonds. The zero-order chi connectivity index (χ0) is 13.9.